The van der Waals surface area contributed by atoms with Crippen LogP contribution in [0.3, 0.4) is 0 Å². The number of nitrogens with zero attached hydrogens (tertiary/aromatic N) is 2. The summed E-state index contributed by atoms with van der Waals surface area (Å²) >= 11 is 0. The number of aromatic nitrogens is 2. The lowest BCUT2D eigenvalue weighted by Crippen LogP contribution is -2.20. The number of amides is 1. The molecule has 0 bridgehead atoms. The third kappa shape index (κ3) is 4.14. The Kier molecular flexibility index (Phi) is 5.04. The van der Waals surface area contributed by atoms with Gasteiger partial charge in [-0.1, -0.05) is 30.3 Å². The van der Waals surface area contributed by atoms with Crippen LogP contribution < -0.4 is 10.1 Å². The number of aryl methyl sites for hydroxylation is 3. The maximum atomic E-state index is 12.4. The fourth-order valence-electron chi connectivity index (χ4n) is 3.25. The molecule has 5 heteroatoms. The predicted octanol–water partition coefficient (Wildman–Crippen LogP) is 4.94. The van der Waals surface area contributed by atoms with E-state index in [1.165, 1.54) is 0 Å². The van der Waals surface area contributed by atoms with Crippen molar-refractivity contribution in [3.8, 4) is 17.0 Å². The molecule has 2 aromatic carbocycles. The highest BCUT2D eigenvalue weighted by Gasteiger charge is 2.11. The van der Waals surface area contributed by atoms with Crippen molar-refractivity contribution in [3.63, 3.8) is 0 Å². The summed E-state index contributed by atoms with van der Waals surface area (Å²) in [7, 11) is 0. The van der Waals surface area contributed by atoms with Crippen LogP contribution in [0.2, 0.25) is 0 Å². The first kappa shape index (κ1) is 18.7. The number of imidazole rings is 1. The summed E-state index contributed by atoms with van der Waals surface area (Å²) < 4.78 is 7.61. The van der Waals surface area contributed by atoms with E-state index < -0.39 is 0 Å². The lowest BCUT2D eigenvalue weighted by molar-refractivity contribution is -0.118. The maximum absolute atomic E-state index is 12.4. The van der Waals surface area contributed by atoms with Crippen molar-refractivity contribution in [2.45, 2.75) is 20.8 Å². The Bertz CT molecular complexity index is 1190. The van der Waals surface area contributed by atoms with E-state index in [1.807, 2.05) is 92.2 Å². The van der Waals surface area contributed by atoms with Crippen molar-refractivity contribution in [2.75, 3.05) is 11.9 Å². The first-order chi connectivity index (χ1) is 14.0. The third-order valence-corrected chi connectivity index (χ3v) is 4.84. The van der Waals surface area contributed by atoms with Crippen LogP contribution in [0.4, 0.5) is 5.69 Å². The van der Waals surface area contributed by atoms with Crippen LogP contribution in [0, 0.1) is 20.8 Å². The van der Waals surface area contributed by atoms with Crippen LogP contribution in [0.15, 0.2) is 67.0 Å². The van der Waals surface area contributed by atoms with Gasteiger partial charge in [0.1, 0.15) is 11.4 Å². The van der Waals surface area contributed by atoms with E-state index in [0.29, 0.717) is 5.75 Å². The molecular weight excluding hydrogens is 362 g/mol. The number of anilines is 1. The molecule has 0 atom stereocenters. The van der Waals surface area contributed by atoms with Crippen molar-refractivity contribution >= 4 is 17.2 Å². The smallest absolute Gasteiger partial charge is 0.262 e. The molecule has 1 amide bonds. The second-order valence-corrected chi connectivity index (χ2v) is 7.23. The highest BCUT2D eigenvalue weighted by Crippen LogP contribution is 2.26. The lowest BCUT2D eigenvalue weighted by Gasteiger charge is -2.11. The van der Waals surface area contributed by atoms with Gasteiger partial charge < -0.3 is 14.5 Å². The summed E-state index contributed by atoms with van der Waals surface area (Å²) in [6.07, 6.45) is 3.98. The topological polar surface area (TPSA) is 55.6 Å². The summed E-state index contributed by atoms with van der Waals surface area (Å²) in [6.45, 7) is 5.96. The molecule has 0 fully saturated rings. The molecule has 29 heavy (non-hydrogen) atoms. The van der Waals surface area contributed by atoms with Crippen LogP contribution in [-0.4, -0.2) is 21.9 Å². The molecule has 0 unspecified atom stereocenters. The molecule has 2 heterocycles. The molecule has 0 aliphatic carbocycles. The maximum Gasteiger partial charge on any atom is 0.262 e. The standard InChI is InChI=1S/C24H23N3O2/c1-16-6-4-8-20(12-16)29-15-23(28)25-21-13-19(10-9-17(21)2)22-14-27-11-5-7-18(3)24(27)26-22/h4-14H,15H2,1-3H3,(H,25,28). The molecule has 4 rings (SSSR count). The second kappa shape index (κ2) is 7.80. The van der Waals surface area contributed by atoms with Gasteiger partial charge in [0.2, 0.25) is 0 Å². The number of ether oxygens (including phenoxy) is 1. The molecule has 0 aliphatic heterocycles. The lowest BCUT2D eigenvalue weighted by atomic mass is 10.1. The Morgan fingerprint density at radius 1 is 1.03 bits per heavy atom. The minimum absolute atomic E-state index is 0.0410. The number of pyridine rings is 1. The highest BCUT2D eigenvalue weighted by molar-refractivity contribution is 5.93. The predicted molar refractivity (Wildman–Crippen MR) is 115 cm³/mol. The largest absolute Gasteiger partial charge is 0.484 e. The Morgan fingerprint density at radius 2 is 1.90 bits per heavy atom. The quantitative estimate of drug-likeness (QED) is 0.529. The van der Waals surface area contributed by atoms with Crippen LogP contribution >= 0.6 is 0 Å². The normalized spacial score (nSPS) is 10.9. The van der Waals surface area contributed by atoms with Crippen molar-refractivity contribution in [3.05, 3.63) is 83.7 Å². The molecule has 0 aliphatic rings. The van der Waals surface area contributed by atoms with E-state index >= 15 is 0 Å². The number of fused-ring (bicyclic) bond motifs is 1. The van der Waals surface area contributed by atoms with Crippen molar-refractivity contribution in [1.29, 1.82) is 0 Å². The van der Waals surface area contributed by atoms with Crippen LogP contribution in [0.25, 0.3) is 16.9 Å². The monoisotopic (exact) mass is 385 g/mol. The van der Waals surface area contributed by atoms with E-state index in [0.717, 1.165) is 39.3 Å². The van der Waals surface area contributed by atoms with E-state index in [2.05, 4.69) is 5.32 Å². The summed E-state index contributed by atoms with van der Waals surface area (Å²) in [5, 5.41) is 2.95. The number of nitrogens with one attached hydrogen (secondary N) is 1. The first-order valence-electron chi connectivity index (χ1n) is 9.54. The van der Waals surface area contributed by atoms with E-state index in [1.54, 1.807) is 0 Å². The Hall–Kier alpha value is -3.60. The fourth-order valence-corrected chi connectivity index (χ4v) is 3.25. The molecule has 0 radical (unpaired) electrons. The number of hydrogen-bond donors (Lipinski definition) is 1. The molecular formula is C24H23N3O2. The van der Waals surface area contributed by atoms with Gasteiger partial charge in [-0.15, -0.1) is 0 Å². The average Bonchev–Trinajstić information content (AvgIpc) is 3.14. The SMILES string of the molecule is Cc1cccc(OCC(=O)Nc2cc(-c3cn4cccc(C)c4n3)ccc2C)c1. The first-order valence-corrected chi connectivity index (χ1v) is 9.54. The van der Waals surface area contributed by atoms with Crippen molar-refractivity contribution in [1.82, 2.24) is 9.38 Å². The average molecular weight is 385 g/mol. The number of rotatable bonds is 5. The summed E-state index contributed by atoms with van der Waals surface area (Å²) in [5.74, 6) is 0.489. The van der Waals surface area contributed by atoms with Gasteiger partial charge in [-0.25, -0.2) is 4.98 Å². The van der Waals surface area contributed by atoms with Gasteiger partial charge in [0.25, 0.3) is 5.91 Å². The number of carbonyl (C=O) groups excluding carboxylic acids is 1. The molecule has 0 spiro atoms. The summed E-state index contributed by atoms with van der Waals surface area (Å²) in [6, 6.07) is 17.7. The van der Waals surface area contributed by atoms with Gasteiger partial charge in [0.15, 0.2) is 6.61 Å². The van der Waals surface area contributed by atoms with Crippen LogP contribution in [-0.2, 0) is 4.79 Å². The number of carbonyl (C=O) groups is 1. The molecule has 5 nitrogen and oxygen atoms in total. The van der Waals surface area contributed by atoms with Crippen LogP contribution in [0.1, 0.15) is 16.7 Å². The van der Waals surface area contributed by atoms with Gasteiger partial charge >= 0.3 is 0 Å². The van der Waals surface area contributed by atoms with Gasteiger partial charge in [0.05, 0.1) is 5.69 Å². The summed E-state index contributed by atoms with van der Waals surface area (Å²) in [5.41, 5.74) is 6.70. The van der Waals surface area contributed by atoms with Crippen LogP contribution in [0.5, 0.6) is 5.75 Å². The fraction of sp³-hybridized carbons (Fsp3) is 0.167. The van der Waals surface area contributed by atoms with E-state index in [9.17, 15) is 4.79 Å². The van der Waals surface area contributed by atoms with E-state index in [4.69, 9.17) is 9.72 Å². The zero-order valence-corrected chi connectivity index (χ0v) is 16.8. The highest BCUT2D eigenvalue weighted by atomic mass is 16.5. The summed E-state index contributed by atoms with van der Waals surface area (Å²) in [4.78, 5) is 17.1. The van der Waals surface area contributed by atoms with Crippen molar-refractivity contribution in [2.24, 2.45) is 0 Å². The van der Waals surface area contributed by atoms with Gasteiger partial charge in [0, 0.05) is 23.6 Å². The van der Waals surface area contributed by atoms with Gasteiger partial charge in [-0.3, -0.25) is 4.79 Å². The van der Waals surface area contributed by atoms with Gasteiger partial charge in [-0.2, -0.15) is 0 Å². The Balaban J connectivity index is 1.52. The molecule has 4 aromatic rings. The molecule has 2 aromatic heterocycles. The second-order valence-electron chi connectivity index (χ2n) is 7.23. The number of hydrogen-bond acceptors (Lipinski definition) is 3. The third-order valence-electron chi connectivity index (χ3n) is 4.84. The van der Waals surface area contributed by atoms with Crippen molar-refractivity contribution < 1.29 is 9.53 Å². The van der Waals surface area contributed by atoms with E-state index in [-0.39, 0.29) is 12.5 Å². The van der Waals surface area contributed by atoms with Gasteiger partial charge in [-0.05, 0) is 61.7 Å². The Labute approximate surface area is 170 Å². The Morgan fingerprint density at radius 3 is 2.69 bits per heavy atom. The zero-order valence-electron chi connectivity index (χ0n) is 16.8. The zero-order chi connectivity index (χ0) is 20.4. The minimum Gasteiger partial charge on any atom is -0.484 e. The molecule has 1 N–H and O–H groups in total. The molecule has 0 saturated heterocycles. The molecule has 146 valence electrons. The molecule has 0 saturated carbocycles. The number of benzene rings is 2. The minimum atomic E-state index is -0.197.